The average Bonchev–Trinajstić information content (AvgIpc) is 2.78. The van der Waals surface area contributed by atoms with Gasteiger partial charge >= 0.3 is 0 Å². The van der Waals surface area contributed by atoms with Crippen molar-refractivity contribution >= 4 is 5.91 Å². The van der Waals surface area contributed by atoms with Gasteiger partial charge in [-0.2, -0.15) is 0 Å². The molecule has 0 aliphatic rings. The molecule has 0 saturated carbocycles. The molecular formula is C18H23FN2O2. The molecule has 1 N–H and O–H groups in total. The molecule has 2 rings (SSSR count). The number of carbonyl (C=O) groups excluding carboxylic acids is 1. The number of aryl methyl sites for hydroxylation is 2. The van der Waals surface area contributed by atoms with Gasteiger partial charge in [0.25, 0.3) is 0 Å². The van der Waals surface area contributed by atoms with Crippen LogP contribution in [0.2, 0.25) is 0 Å². The highest BCUT2D eigenvalue weighted by Crippen LogP contribution is 2.27. The van der Waals surface area contributed by atoms with Gasteiger partial charge in [0.1, 0.15) is 11.6 Å². The number of nitrogens with one attached hydrogen (secondary N) is 1. The second kappa shape index (κ2) is 6.52. The van der Waals surface area contributed by atoms with Crippen LogP contribution in [0.1, 0.15) is 55.7 Å². The number of hydrogen-bond donors (Lipinski definition) is 1. The molecule has 5 heteroatoms. The normalized spacial score (nSPS) is 13.0. The van der Waals surface area contributed by atoms with Crippen LogP contribution in [0.5, 0.6) is 0 Å². The summed E-state index contributed by atoms with van der Waals surface area (Å²) in [7, 11) is 0. The smallest absolute Gasteiger partial charge is 0.221 e. The van der Waals surface area contributed by atoms with Crippen molar-refractivity contribution in [2.45, 2.75) is 52.5 Å². The molecule has 0 aliphatic carbocycles. The van der Waals surface area contributed by atoms with Crippen LogP contribution in [0, 0.1) is 19.7 Å². The molecule has 0 fully saturated rings. The van der Waals surface area contributed by atoms with Gasteiger partial charge < -0.3 is 9.84 Å². The second-order valence-electron chi connectivity index (χ2n) is 6.53. The predicted molar refractivity (Wildman–Crippen MR) is 86.6 cm³/mol. The summed E-state index contributed by atoms with van der Waals surface area (Å²) < 4.78 is 18.2. The zero-order valence-electron chi connectivity index (χ0n) is 14.2. The fraction of sp³-hybridized carbons (Fsp3) is 0.444. The fourth-order valence-corrected chi connectivity index (χ4v) is 3.02. The Bertz CT molecular complexity index is 670. The van der Waals surface area contributed by atoms with E-state index in [1.807, 2.05) is 34.6 Å². The molecule has 23 heavy (non-hydrogen) atoms. The summed E-state index contributed by atoms with van der Waals surface area (Å²) in [6, 6.07) is 6.26. The maximum Gasteiger partial charge on any atom is 0.221 e. The summed E-state index contributed by atoms with van der Waals surface area (Å²) >= 11 is 0. The topological polar surface area (TPSA) is 55.1 Å². The number of amides is 1. The Morgan fingerprint density at radius 3 is 2.43 bits per heavy atom. The number of halogens is 1. The van der Waals surface area contributed by atoms with Crippen molar-refractivity contribution in [3.8, 4) is 0 Å². The van der Waals surface area contributed by atoms with Gasteiger partial charge in [0.2, 0.25) is 5.91 Å². The minimum absolute atomic E-state index is 0.0102. The first-order valence-electron chi connectivity index (χ1n) is 7.70. The molecule has 0 aliphatic heterocycles. The highest BCUT2D eigenvalue weighted by molar-refractivity contribution is 5.78. The number of benzene rings is 1. The Balaban J connectivity index is 2.05. The molecule has 4 nitrogen and oxygen atoms in total. The molecule has 1 amide bonds. The van der Waals surface area contributed by atoms with Crippen LogP contribution in [0.25, 0.3) is 0 Å². The Hall–Kier alpha value is -2.17. The third-order valence-electron chi connectivity index (χ3n) is 4.04. The Morgan fingerprint density at radius 2 is 1.91 bits per heavy atom. The average molecular weight is 318 g/mol. The van der Waals surface area contributed by atoms with E-state index in [9.17, 15) is 9.18 Å². The van der Waals surface area contributed by atoms with E-state index in [-0.39, 0.29) is 17.6 Å². The number of nitrogens with zero attached hydrogens (tertiary/aromatic N) is 1. The summed E-state index contributed by atoms with van der Waals surface area (Å²) in [5, 5.41) is 6.98. The fourth-order valence-electron chi connectivity index (χ4n) is 3.02. The van der Waals surface area contributed by atoms with E-state index in [4.69, 9.17) is 4.52 Å². The van der Waals surface area contributed by atoms with Crippen LogP contribution in [-0.4, -0.2) is 11.1 Å². The van der Waals surface area contributed by atoms with Crippen molar-refractivity contribution < 1.29 is 13.7 Å². The van der Waals surface area contributed by atoms with Gasteiger partial charge in [0, 0.05) is 12.0 Å². The molecule has 0 saturated heterocycles. The zero-order valence-corrected chi connectivity index (χ0v) is 14.2. The van der Waals surface area contributed by atoms with E-state index >= 15 is 0 Å². The first-order chi connectivity index (χ1) is 10.7. The van der Waals surface area contributed by atoms with Crippen molar-refractivity contribution in [1.82, 2.24) is 10.5 Å². The van der Waals surface area contributed by atoms with Gasteiger partial charge in [0.15, 0.2) is 0 Å². The first-order valence-corrected chi connectivity index (χ1v) is 7.70. The molecule has 124 valence electrons. The summed E-state index contributed by atoms with van der Waals surface area (Å²) in [4.78, 5) is 12.4. The van der Waals surface area contributed by atoms with E-state index in [2.05, 4.69) is 10.5 Å². The molecule has 0 radical (unpaired) electrons. The Morgan fingerprint density at radius 1 is 1.30 bits per heavy atom. The minimum atomic E-state index is -0.562. The molecule has 1 unspecified atom stereocenters. The SMILES string of the molecule is Cc1noc(C)c1C(C)(C)NC(=O)CC(C)c1ccc(F)cc1. The molecule has 1 heterocycles. The van der Waals surface area contributed by atoms with Crippen LogP contribution < -0.4 is 5.32 Å². The third kappa shape index (κ3) is 3.97. The van der Waals surface area contributed by atoms with Gasteiger partial charge in [-0.05, 0) is 51.3 Å². The van der Waals surface area contributed by atoms with E-state index in [0.29, 0.717) is 12.2 Å². The van der Waals surface area contributed by atoms with Crippen LogP contribution in [0.3, 0.4) is 0 Å². The van der Waals surface area contributed by atoms with Crippen LogP contribution in [-0.2, 0) is 10.3 Å². The Labute approximate surface area is 136 Å². The first kappa shape index (κ1) is 17.2. The summed E-state index contributed by atoms with van der Waals surface area (Å²) in [6.07, 6.45) is 0.332. The molecule has 1 atom stereocenters. The lowest BCUT2D eigenvalue weighted by Gasteiger charge is -2.27. The highest BCUT2D eigenvalue weighted by Gasteiger charge is 2.30. The van der Waals surface area contributed by atoms with Gasteiger partial charge in [-0.1, -0.05) is 24.2 Å². The quantitative estimate of drug-likeness (QED) is 0.907. The molecule has 2 aromatic rings. The lowest BCUT2D eigenvalue weighted by molar-refractivity contribution is -0.123. The van der Waals surface area contributed by atoms with Crippen molar-refractivity contribution in [1.29, 1.82) is 0 Å². The minimum Gasteiger partial charge on any atom is -0.361 e. The lowest BCUT2D eigenvalue weighted by atomic mass is 9.91. The van der Waals surface area contributed by atoms with E-state index < -0.39 is 5.54 Å². The summed E-state index contributed by atoms with van der Waals surface area (Å²) in [5.41, 5.74) is 2.06. The number of rotatable bonds is 5. The number of carbonyl (C=O) groups is 1. The van der Waals surface area contributed by atoms with E-state index in [0.717, 1.165) is 16.8 Å². The van der Waals surface area contributed by atoms with Crippen LogP contribution in [0.15, 0.2) is 28.8 Å². The van der Waals surface area contributed by atoms with Crippen LogP contribution >= 0.6 is 0 Å². The van der Waals surface area contributed by atoms with Gasteiger partial charge in [-0.15, -0.1) is 0 Å². The van der Waals surface area contributed by atoms with E-state index in [1.165, 1.54) is 12.1 Å². The monoisotopic (exact) mass is 318 g/mol. The van der Waals surface area contributed by atoms with E-state index in [1.54, 1.807) is 12.1 Å². The van der Waals surface area contributed by atoms with Gasteiger partial charge in [-0.3, -0.25) is 4.79 Å². The molecular weight excluding hydrogens is 295 g/mol. The maximum atomic E-state index is 13.0. The third-order valence-corrected chi connectivity index (χ3v) is 4.04. The summed E-state index contributed by atoms with van der Waals surface area (Å²) in [6.45, 7) is 9.51. The predicted octanol–water partition coefficient (Wildman–Crippen LogP) is 3.98. The molecule has 0 spiro atoms. The zero-order chi connectivity index (χ0) is 17.2. The van der Waals surface area contributed by atoms with Gasteiger partial charge in [-0.25, -0.2) is 4.39 Å². The number of aromatic nitrogens is 1. The summed E-state index contributed by atoms with van der Waals surface area (Å²) in [5.74, 6) is 0.382. The Kier molecular flexibility index (Phi) is 4.88. The van der Waals surface area contributed by atoms with Crippen molar-refractivity contribution in [2.24, 2.45) is 0 Å². The maximum absolute atomic E-state index is 13.0. The molecule has 1 aromatic heterocycles. The van der Waals surface area contributed by atoms with Crippen molar-refractivity contribution in [3.05, 3.63) is 52.7 Å². The van der Waals surface area contributed by atoms with Gasteiger partial charge in [0.05, 0.1) is 11.2 Å². The van der Waals surface area contributed by atoms with Crippen molar-refractivity contribution in [3.63, 3.8) is 0 Å². The molecule has 1 aromatic carbocycles. The van der Waals surface area contributed by atoms with Crippen LogP contribution in [0.4, 0.5) is 4.39 Å². The molecule has 0 bridgehead atoms. The number of hydrogen-bond acceptors (Lipinski definition) is 3. The largest absolute Gasteiger partial charge is 0.361 e. The highest BCUT2D eigenvalue weighted by atomic mass is 19.1. The van der Waals surface area contributed by atoms with Crippen molar-refractivity contribution in [2.75, 3.05) is 0 Å². The lowest BCUT2D eigenvalue weighted by Crippen LogP contribution is -2.42. The second-order valence-corrected chi connectivity index (χ2v) is 6.53. The standard InChI is InChI=1S/C18H23FN2O2/c1-11(14-6-8-15(19)9-7-14)10-16(22)20-18(4,5)17-12(2)21-23-13(17)3/h6-9,11H,10H2,1-5H3,(H,20,22).